The van der Waals surface area contributed by atoms with Gasteiger partial charge in [-0.15, -0.1) is 0 Å². The van der Waals surface area contributed by atoms with E-state index in [4.69, 9.17) is 9.16 Å². The quantitative estimate of drug-likeness (QED) is 0.550. The molecule has 2 rings (SSSR count). The van der Waals surface area contributed by atoms with E-state index in [9.17, 15) is 9.59 Å². The van der Waals surface area contributed by atoms with Gasteiger partial charge in [0.1, 0.15) is 0 Å². The summed E-state index contributed by atoms with van der Waals surface area (Å²) < 4.78 is 11.8. The topological polar surface area (TPSA) is 52.6 Å². The van der Waals surface area contributed by atoms with Gasteiger partial charge in [-0.2, -0.15) is 0 Å². The zero-order valence-corrected chi connectivity index (χ0v) is 15.7. The summed E-state index contributed by atoms with van der Waals surface area (Å²) in [6.07, 6.45) is 2.81. The molecule has 130 valence electrons. The fourth-order valence-corrected chi connectivity index (χ4v) is 5.82. The van der Waals surface area contributed by atoms with Crippen LogP contribution in [0.5, 0.6) is 0 Å². The predicted molar refractivity (Wildman–Crippen MR) is 96.5 cm³/mol. The van der Waals surface area contributed by atoms with Crippen LogP contribution in [0.15, 0.2) is 42.5 Å². The van der Waals surface area contributed by atoms with Crippen LogP contribution in [0.3, 0.4) is 0 Å². The third-order valence-corrected chi connectivity index (χ3v) is 9.50. The highest BCUT2D eigenvalue weighted by Crippen LogP contribution is 2.27. The lowest BCUT2D eigenvalue weighted by Crippen LogP contribution is -2.43. The van der Waals surface area contributed by atoms with E-state index in [1.165, 1.54) is 6.08 Å². The standard InChI is InChI=1S/C19H26O4Si/c1-4-24(5-2,6-3)23-16-12-13-17(20)18(14-16)22-19(21)15-10-8-7-9-11-15/h7-13,16,18H,4-6,14H2,1-3H3. The number of hydrogen-bond acceptors (Lipinski definition) is 4. The molecule has 24 heavy (non-hydrogen) atoms. The number of ether oxygens (including phenoxy) is 1. The van der Waals surface area contributed by atoms with Crippen molar-refractivity contribution in [3.63, 3.8) is 0 Å². The van der Waals surface area contributed by atoms with Crippen LogP contribution < -0.4 is 0 Å². The van der Waals surface area contributed by atoms with Crippen molar-refractivity contribution in [3.8, 4) is 0 Å². The molecule has 2 unspecified atom stereocenters. The van der Waals surface area contributed by atoms with Crippen molar-refractivity contribution in [1.29, 1.82) is 0 Å². The number of rotatable bonds is 7. The Labute approximate surface area is 145 Å². The lowest BCUT2D eigenvalue weighted by atomic mass is 10.0. The van der Waals surface area contributed by atoms with Gasteiger partial charge < -0.3 is 9.16 Å². The zero-order valence-electron chi connectivity index (χ0n) is 14.7. The average molecular weight is 346 g/mol. The molecular formula is C19H26O4Si. The molecule has 0 amide bonds. The maximum Gasteiger partial charge on any atom is 0.338 e. The van der Waals surface area contributed by atoms with Crippen LogP contribution in [0.25, 0.3) is 0 Å². The summed E-state index contributed by atoms with van der Waals surface area (Å²) in [6, 6.07) is 11.9. The van der Waals surface area contributed by atoms with Crippen molar-refractivity contribution >= 4 is 20.1 Å². The highest BCUT2D eigenvalue weighted by atomic mass is 28.4. The van der Waals surface area contributed by atoms with Crippen LogP contribution in [-0.4, -0.2) is 32.3 Å². The minimum atomic E-state index is -1.76. The Kier molecular flexibility index (Phi) is 6.51. The first-order valence-electron chi connectivity index (χ1n) is 8.69. The number of benzene rings is 1. The van der Waals surface area contributed by atoms with Gasteiger partial charge in [0.15, 0.2) is 20.2 Å². The first-order valence-corrected chi connectivity index (χ1v) is 11.2. The maximum absolute atomic E-state index is 12.2. The monoisotopic (exact) mass is 346 g/mol. The normalized spacial score (nSPS) is 20.9. The second-order valence-corrected chi connectivity index (χ2v) is 10.9. The Bertz CT molecular complexity index is 584. The Balaban J connectivity index is 2.04. The fraction of sp³-hybridized carbons (Fsp3) is 0.474. The van der Waals surface area contributed by atoms with Gasteiger partial charge in [-0.25, -0.2) is 4.79 Å². The number of hydrogen-bond donors (Lipinski definition) is 0. The molecule has 0 fully saturated rings. The van der Waals surface area contributed by atoms with Crippen molar-refractivity contribution in [2.45, 2.75) is 57.5 Å². The lowest BCUT2D eigenvalue weighted by molar-refractivity contribution is -0.124. The molecule has 1 aliphatic carbocycles. The first-order chi connectivity index (χ1) is 11.5. The summed E-state index contributed by atoms with van der Waals surface area (Å²) in [5, 5.41) is 0. The van der Waals surface area contributed by atoms with E-state index in [0.29, 0.717) is 12.0 Å². The molecule has 1 aliphatic rings. The van der Waals surface area contributed by atoms with E-state index in [2.05, 4.69) is 20.8 Å². The average Bonchev–Trinajstić information content (AvgIpc) is 2.63. The van der Waals surface area contributed by atoms with E-state index in [1.54, 1.807) is 24.3 Å². The Morgan fingerprint density at radius 2 is 1.75 bits per heavy atom. The molecule has 4 nitrogen and oxygen atoms in total. The summed E-state index contributed by atoms with van der Waals surface area (Å²) in [4.78, 5) is 24.3. The van der Waals surface area contributed by atoms with Gasteiger partial charge >= 0.3 is 5.97 Å². The maximum atomic E-state index is 12.2. The molecule has 0 aliphatic heterocycles. The number of carbonyl (C=O) groups is 2. The molecule has 5 heteroatoms. The van der Waals surface area contributed by atoms with Gasteiger partial charge in [-0.05, 0) is 36.3 Å². The van der Waals surface area contributed by atoms with Crippen LogP contribution >= 0.6 is 0 Å². The molecule has 0 N–H and O–H groups in total. The van der Waals surface area contributed by atoms with E-state index >= 15 is 0 Å². The highest BCUT2D eigenvalue weighted by molar-refractivity contribution is 6.73. The van der Waals surface area contributed by atoms with Gasteiger partial charge in [0.05, 0.1) is 11.7 Å². The van der Waals surface area contributed by atoms with Crippen LogP contribution in [0, 0.1) is 0 Å². The molecule has 2 atom stereocenters. The summed E-state index contributed by atoms with van der Waals surface area (Å²) in [5.74, 6) is -0.635. The summed E-state index contributed by atoms with van der Waals surface area (Å²) >= 11 is 0. The molecule has 1 aromatic rings. The van der Waals surface area contributed by atoms with Crippen LogP contribution in [0.2, 0.25) is 18.1 Å². The molecule has 0 saturated carbocycles. The SMILES string of the molecule is CC[Si](CC)(CC)OC1C=CC(=O)C(OC(=O)c2ccccc2)C1. The lowest BCUT2D eigenvalue weighted by Gasteiger charge is -2.34. The van der Waals surface area contributed by atoms with Gasteiger partial charge in [0.2, 0.25) is 0 Å². The fourth-order valence-electron chi connectivity index (χ4n) is 3.00. The minimum absolute atomic E-state index is 0.150. The molecule has 0 saturated heterocycles. The van der Waals surface area contributed by atoms with Gasteiger partial charge in [0, 0.05) is 6.42 Å². The van der Waals surface area contributed by atoms with E-state index in [-0.39, 0.29) is 11.9 Å². The predicted octanol–water partition coefficient (Wildman–Crippen LogP) is 4.13. The summed E-state index contributed by atoms with van der Waals surface area (Å²) in [5.41, 5.74) is 0.455. The molecular weight excluding hydrogens is 320 g/mol. The number of carbonyl (C=O) groups excluding carboxylic acids is 2. The van der Waals surface area contributed by atoms with Crippen LogP contribution in [0.4, 0.5) is 0 Å². The van der Waals surface area contributed by atoms with E-state index in [0.717, 1.165) is 18.1 Å². The largest absolute Gasteiger partial charge is 0.450 e. The number of esters is 1. The minimum Gasteiger partial charge on any atom is -0.450 e. The van der Waals surface area contributed by atoms with Crippen molar-refractivity contribution in [1.82, 2.24) is 0 Å². The molecule has 1 aromatic carbocycles. The van der Waals surface area contributed by atoms with Gasteiger partial charge in [0.25, 0.3) is 0 Å². The van der Waals surface area contributed by atoms with Gasteiger partial charge in [-0.3, -0.25) is 4.79 Å². The van der Waals surface area contributed by atoms with E-state index < -0.39 is 20.4 Å². The first kappa shape index (κ1) is 18.6. The van der Waals surface area contributed by atoms with Crippen molar-refractivity contribution in [3.05, 3.63) is 48.0 Å². The smallest absolute Gasteiger partial charge is 0.338 e. The second-order valence-electron chi connectivity index (χ2n) is 6.16. The van der Waals surface area contributed by atoms with Crippen molar-refractivity contribution < 1.29 is 18.8 Å². The molecule has 0 spiro atoms. The summed E-state index contributed by atoms with van der Waals surface area (Å²) in [6.45, 7) is 6.51. The zero-order chi connectivity index (χ0) is 17.6. The Hall–Kier alpha value is -1.72. The Morgan fingerprint density at radius 3 is 2.33 bits per heavy atom. The van der Waals surface area contributed by atoms with Crippen LogP contribution in [0.1, 0.15) is 37.6 Å². The number of ketones is 1. The molecule has 0 radical (unpaired) electrons. The van der Waals surface area contributed by atoms with Gasteiger partial charge in [-0.1, -0.05) is 45.0 Å². The highest BCUT2D eigenvalue weighted by Gasteiger charge is 2.35. The van der Waals surface area contributed by atoms with Crippen molar-refractivity contribution in [2.75, 3.05) is 0 Å². The third kappa shape index (κ3) is 4.42. The van der Waals surface area contributed by atoms with Crippen molar-refractivity contribution in [2.24, 2.45) is 0 Å². The van der Waals surface area contributed by atoms with Crippen LogP contribution in [-0.2, 0) is 14.0 Å². The molecule has 0 heterocycles. The molecule has 0 aromatic heterocycles. The summed E-state index contributed by atoms with van der Waals surface area (Å²) in [7, 11) is -1.76. The third-order valence-electron chi connectivity index (χ3n) is 4.83. The second kappa shape index (κ2) is 8.40. The Morgan fingerprint density at radius 1 is 1.12 bits per heavy atom. The van der Waals surface area contributed by atoms with E-state index in [1.807, 2.05) is 12.1 Å². The molecule has 0 bridgehead atoms.